The molecule has 0 aliphatic carbocycles. The maximum absolute atomic E-state index is 10.7. The van der Waals surface area contributed by atoms with E-state index in [4.69, 9.17) is 0 Å². The fraction of sp³-hybridized carbons (Fsp3) is 0.375. The molecule has 1 fully saturated rings. The van der Waals surface area contributed by atoms with Gasteiger partial charge in [0.25, 0.3) is 0 Å². The molecule has 4 aromatic rings. The first-order valence-corrected chi connectivity index (χ1v) is 11.0. The van der Waals surface area contributed by atoms with Crippen LogP contribution < -0.4 is 5.32 Å². The number of nitrogens with one attached hydrogen (secondary N) is 1. The minimum absolute atomic E-state index is 0. The molecule has 0 unspecified atom stereocenters. The monoisotopic (exact) mass is 517 g/mol. The molecule has 0 atom stereocenters. The van der Waals surface area contributed by atoms with E-state index >= 15 is 0 Å². The van der Waals surface area contributed by atoms with E-state index in [9.17, 15) is 10.2 Å². The van der Waals surface area contributed by atoms with Crippen LogP contribution in [0.5, 0.6) is 11.5 Å². The Morgan fingerprint density at radius 1 is 0.886 bits per heavy atom. The Hall–Kier alpha value is -3.01. The zero-order chi connectivity index (χ0) is 23.4. The largest absolute Gasteiger partial charge is 0.507 e. The van der Waals surface area contributed by atoms with Gasteiger partial charge in [0, 0.05) is 22.2 Å². The maximum Gasteiger partial charge on any atom is 0.201 e. The Bertz CT molecular complexity index is 1320. The number of phenolic OH excluding ortho intramolecular Hbond substituents is 1. The second-order valence-electron chi connectivity index (χ2n) is 10.1. The van der Waals surface area contributed by atoms with Gasteiger partial charge in [0.15, 0.2) is 0 Å². The molecule has 9 nitrogen and oxygen atoms in total. The van der Waals surface area contributed by atoms with E-state index in [1.165, 1.54) is 6.20 Å². The topological polar surface area (TPSA) is 122 Å². The lowest BCUT2D eigenvalue weighted by molar-refractivity contribution is 0.127. The average Bonchev–Trinajstić information content (AvgIpc) is 3.15. The Morgan fingerprint density at radius 2 is 1.60 bits per heavy atom. The van der Waals surface area contributed by atoms with E-state index < -0.39 is 0 Å². The van der Waals surface area contributed by atoms with Crippen molar-refractivity contribution in [1.82, 2.24) is 35.5 Å². The zero-order valence-corrected chi connectivity index (χ0v) is 21.6. The molecule has 0 spiro atoms. The molecule has 0 bridgehead atoms. The lowest BCUT2D eigenvalue weighted by Crippen LogP contribution is -2.58. The molecule has 5 rings (SSSR count). The SMILES string of the molecule is CC1(C)CC(n2nnc3cc(-c4ccc(-c5ccc(O)cn5)cc4O)nnc32)CC(C)(C)N1.Cl.Cl. The number of pyridine rings is 1. The highest BCUT2D eigenvalue weighted by Gasteiger charge is 2.39. The highest BCUT2D eigenvalue weighted by molar-refractivity contribution is 5.85. The van der Waals surface area contributed by atoms with Crippen molar-refractivity contribution in [3.05, 3.63) is 42.6 Å². The highest BCUT2D eigenvalue weighted by Crippen LogP contribution is 2.37. The van der Waals surface area contributed by atoms with Gasteiger partial charge < -0.3 is 15.5 Å². The third-order valence-corrected chi connectivity index (χ3v) is 6.05. The van der Waals surface area contributed by atoms with Gasteiger partial charge in [0.05, 0.1) is 23.6 Å². The molecule has 186 valence electrons. The van der Waals surface area contributed by atoms with Crippen LogP contribution in [-0.2, 0) is 0 Å². The second kappa shape index (κ2) is 9.56. The van der Waals surface area contributed by atoms with Gasteiger partial charge in [-0.05, 0) is 70.9 Å². The van der Waals surface area contributed by atoms with Crippen molar-refractivity contribution in [2.45, 2.75) is 57.7 Å². The third kappa shape index (κ3) is 5.32. The van der Waals surface area contributed by atoms with Gasteiger partial charge in [-0.15, -0.1) is 40.1 Å². The molecule has 1 aromatic carbocycles. The first-order valence-electron chi connectivity index (χ1n) is 11.0. The standard InChI is InChI=1S/C24H27N7O2.2ClH/c1-23(2)11-15(12-24(3,4)29-23)31-22-20(27-30-31)10-19(26-28-22)17-7-5-14(9-21(17)33)18-8-6-16(32)13-25-18;;/h5-10,13,15,29,32-33H,11-12H2,1-4H3;2*1H. The van der Waals surface area contributed by atoms with Crippen LogP contribution in [0.1, 0.15) is 46.6 Å². The van der Waals surface area contributed by atoms with Crippen LogP contribution in [0.15, 0.2) is 42.6 Å². The number of nitrogens with zero attached hydrogens (tertiary/aromatic N) is 6. The summed E-state index contributed by atoms with van der Waals surface area (Å²) >= 11 is 0. The van der Waals surface area contributed by atoms with Gasteiger partial charge in [-0.2, -0.15) is 0 Å². The van der Waals surface area contributed by atoms with E-state index in [1.54, 1.807) is 30.3 Å². The molecule has 11 heteroatoms. The van der Waals surface area contributed by atoms with Gasteiger partial charge in [0.1, 0.15) is 17.0 Å². The van der Waals surface area contributed by atoms with E-state index in [-0.39, 0.29) is 53.4 Å². The molecule has 35 heavy (non-hydrogen) atoms. The minimum atomic E-state index is -0.0298. The quantitative estimate of drug-likeness (QED) is 0.357. The predicted octanol–water partition coefficient (Wildman–Crippen LogP) is 4.69. The van der Waals surface area contributed by atoms with Crippen LogP contribution in [0.3, 0.4) is 0 Å². The summed E-state index contributed by atoms with van der Waals surface area (Å²) in [5, 5.41) is 41.4. The average molecular weight is 518 g/mol. The summed E-state index contributed by atoms with van der Waals surface area (Å²) in [6, 6.07) is 10.4. The number of hydrogen-bond acceptors (Lipinski definition) is 8. The number of halogens is 2. The van der Waals surface area contributed by atoms with Gasteiger partial charge >= 0.3 is 0 Å². The molecular formula is C24H29Cl2N7O2. The Kier molecular flexibility index (Phi) is 7.26. The number of aromatic nitrogens is 6. The number of aromatic hydroxyl groups is 2. The molecule has 1 aliphatic rings. The number of benzene rings is 1. The fourth-order valence-electron chi connectivity index (χ4n) is 5.03. The molecule has 1 saturated heterocycles. The van der Waals surface area contributed by atoms with Crippen LogP contribution >= 0.6 is 24.8 Å². The van der Waals surface area contributed by atoms with E-state index in [0.29, 0.717) is 28.1 Å². The molecule has 1 aliphatic heterocycles. The smallest absolute Gasteiger partial charge is 0.201 e. The first kappa shape index (κ1) is 26.6. The molecule has 3 aromatic heterocycles. The number of phenols is 1. The van der Waals surface area contributed by atoms with Crippen molar-refractivity contribution in [3.63, 3.8) is 0 Å². The van der Waals surface area contributed by atoms with Crippen LogP contribution in [0.25, 0.3) is 33.7 Å². The molecule has 3 N–H and O–H groups in total. The zero-order valence-electron chi connectivity index (χ0n) is 19.9. The fourth-order valence-corrected chi connectivity index (χ4v) is 5.03. The van der Waals surface area contributed by atoms with E-state index in [0.717, 1.165) is 18.4 Å². The number of piperidine rings is 1. The summed E-state index contributed by atoms with van der Waals surface area (Å²) in [6.45, 7) is 8.79. The summed E-state index contributed by atoms with van der Waals surface area (Å²) in [7, 11) is 0. The number of fused-ring (bicyclic) bond motifs is 1. The van der Waals surface area contributed by atoms with Crippen molar-refractivity contribution < 1.29 is 10.2 Å². The van der Waals surface area contributed by atoms with Crippen molar-refractivity contribution in [2.75, 3.05) is 0 Å². The minimum Gasteiger partial charge on any atom is -0.507 e. The summed E-state index contributed by atoms with van der Waals surface area (Å²) in [4.78, 5) is 4.19. The maximum atomic E-state index is 10.7. The van der Waals surface area contributed by atoms with E-state index in [1.807, 2.05) is 10.7 Å². The summed E-state index contributed by atoms with van der Waals surface area (Å²) in [6.07, 6.45) is 3.19. The summed E-state index contributed by atoms with van der Waals surface area (Å²) in [5.74, 6) is 0.151. The van der Waals surface area contributed by atoms with Crippen molar-refractivity contribution >= 4 is 36.0 Å². The highest BCUT2D eigenvalue weighted by atomic mass is 35.5. The van der Waals surface area contributed by atoms with Crippen LogP contribution in [0.2, 0.25) is 0 Å². The van der Waals surface area contributed by atoms with E-state index in [2.05, 4.69) is 58.5 Å². The molecule has 4 heterocycles. The molecular weight excluding hydrogens is 489 g/mol. The first-order chi connectivity index (χ1) is 15.6. The van der Waals surface area contributed by atoms with Gasteiger partial charge in [-0.1, -0.05) is 11.3 Å². The normalized spacial score (nSPS) is 16.9. The molecule has 0 saturated carbocycles. The second-order valence-corrected chi connectivity index (χ2v) is 10.1. The Morgan fingerprint density at radius 3 is 2.23 bits per heavy atom. The predicted molar refractivity (Wildman–Crippen MR) is 139 cm³/mol. The van der Waals surface area contributed by atoms with Crippen molar-refractivity contribution in [3.8, 4) is 34.0 Å². The number of rotatable bonds is 3. The lowest BCUT2D eigenvalue weighted by Gasteiger charge is -2.46. The molecule has 0 amide bonds. The summed E-state index contributed by atoms with van der Waals surface area (Å²) < 4.78 is 1.88. The van der Waals surface area contributed by atoms with Crippen LogP contribution in [0.4, 0.5) is 0 Å². The summed E-state index contributed by atoms with van der Waals surface area (Å²) in [5.41, 5.74) is 3.66. The van der Waals surface area contributed by atoms with Gasteiger partial charge in [0.2, 0.25) is 5.65 Å². The Balaban J connectivity index is 0.00000171. The Labute approximate surface area is 215 Å². The van der Waals surface area contributed by atoms with Crippen LogP contribution in [0, 0.1) is 0 Å². The third-order valence-electron chi connectivity index (χ3n) is 6.05. The van der Waals surface area contributed by atoms with Crippen LogP contribution in [-0.4, -0.2) is 51.5 Å². The molecule has 0 radical (unpaired) electrons. The number of hydrogen-bond donors (Lipinski definition) is 3. The lowest BCUT2D eigenvalue weighted by atomic mass is 9.80. The van der Waals surface area contributed by atoms with Gasteiger partial charge in [-0.3, -0.25) is 4.98 Å². The van der Waals surface area contributed by atoms with Crippen molar-refractivity contribution in [1.29, 1.82) is 0 Å². The van der Waals surface area contributed by atoms with Crippen molar-refractivity contribution in [2.24, 2.45) is 0 Å². The van der Waals surface area contributed by atoms with Gasteiger partial charge in [-0.25, -0.2) is 4.68 Å².